The zero-order chi connectivity index (χ0) is 18.9. The van der Waals surface area contributed by atoms with Crippen LogP contribution in [0.25, 0.3) is 5.69 Å². The minimum Gasteiger partial charge on any atom is -0.271 e. The molecular formula is C20H21ClFN3S. The quantitative estimate of drug-likeness (QED) is 0.543. The maximum absolute atomic E-state index is 13.3. The fourth-order valence-electron chi connectivity index (χ4n) is 3.10. The lowest BCUT2D eigenvalue weighted by Crippen LogP contribution is -2.24. The first-order chi connectivity index (χ1) is 12.3. The van der Waals surface area contributed by atoms with E-state index in [1.807, 2.05) is 16.7 Å². The van der Waals surface area contributed by atoms with E-state index < -0.39 is 5.41 Å². The van der Waals surface area contributed by atoms with Crippen LogP contribution in [-0.2, 0) is 11.8 Å². The molecule has 6 heteroatoms. The van der Waals surface area contributed by atoms with E-state index in [0.717, 1.165) is 40.5 Å². The third kappa shape index (κ3) is 3.46. The van der Waals surface area contributed by atoms with Crippen molar-refractivity contribution >= 4 is 23.8 Å². The number of nitrogens with zero attached hydrogens (tertiary/aromatic N) is 2. The van der Waals surface area contributed by atoms with Gasteiger partial charge in [-0.15, -0.1) is 0 Å². The SMILES string of the molecule is CCCc1cc(C(C)(C)c2n[nH]c(=S)n2-c2ccc(F)cc2)ccc1Cl. The first kappa shape index (κ1) is 18.8. The summed E-state index contributed by atoms with van der Waals surface area (Å²) in [6.45, 7) is 6.32. The number of hydrogen-bond acceptors (Lipinski definition) is 2. The number of rotatable bonds is 5. The second-order valence-electron chi connectivity index (χ2n) is 6.85. The topological polar surface area (TPSA) is 33.6 Å². The number of benzene rings is 2. The molecule has 2 aromatic carbocycles. The number of halogens is 2. The number of hydrogen-bond donors (Lipinski definition) is 1. The fraction of sp³-hybridized carbons (Fsp3) is 0.300. The van der Waals surface area contributed by atoms with Crippen molar-refractivity contribution < 1.29 is 4.39 Å². The number of nitrogens with one attached hydrogen (secondary N) is 1. The monoisotopic (exact) mass is 389 g/mol. The van der Waals surface area contributed by atoms with Crippen LogP contribution < -0.4 is 0 Å². The van der Waals surface area contributed by atoms with Crippen molar-refractivity contribution in [3.8, 4) is 5.69 Å². The first-order valence-electron chi connectivity index (χ1n) is 8.57. The Morgan fingerprint density at radius 3 is 2.54 bits per heavy atom. The number of aromatic nitrogens is 3. The second kappa shape index (κ2) is 7.33. The molecule has 0 aliphatic rings. The predicted octanol–water partition coefficient (Wildman–Crippen LogP) is 6.00. The summed E-state index contributed by atoms with van der Waals surface area (Å²) in [5.41, 5.74) is 2.58. The van der Waals surface area contributed by atoms with Crippen LogP contribution in [-0.4, -0.2) is 14.8 Å². The summed E-state index contributed by atoms with van der Waals surface area (Å²) in [6, 6.07) is 12.3. The molecular weight excluding hydrogens is 369 g/mol. The Balaban J connectivity index is 2.13. The van der Waals surface area contributed by atoms with Gasteiger partial charge in [-0.3, -0.25) is 9.67 Å². The normalized spacial score (nSPS) is 11.7. The smallest absolute Gasteiger partial charge is 0.199 e. The number of aromatic amines is 1. The molecule has 0 saturated heterocycles. The van der Waals surface area contributed by atoms with Gasteiger partial charge in [-0.25, -0.2) is 4.39 Å². The Bertz CT molecular complexity index is 973. The molecule has 1 aromatic heterocycles. The van der Waals surface area contributed by atoms with Gasteiger partial charge in [0, 0.05) is 10.7 Å². The number of aryl methyl sites for hydroxylation is 1. The van der Waals surface area contributed by atoms with Gasteiger partial charge in [-0.2, -0.15) is 5.10 Å². The third-order valence-electron chi connectivity index (χ3n) is 4.60. The van der Waals surface area contributed by atoms with Gasteiger partial charge in [-0.05, 0) is 73.9 Å². The maximum atomic E-state index is 13.3. The molecule has 1 N–H and O–H groups in total. The third-order valence-corrected chi connectivity index (χ3v) is 5.25. The lowest BCUT2D eigenvalue weighted by atomic mass is 9.82. The van der Waals surface area contributed by atoms with Gasteiger partial charge in [0.1, 0.15) is 11.6 Å². The van der Waals surface area contributed by atoms with Crippen molar-refractivity contribution in [2.45, 2.75) is 39.0 Å². The van der Waals surface area contributed by atoms with Gasteiger partial charge >= 0.3 is 0 Å². The molecule has 3 nitrogen and oxygen atoms in total. The van der Waals surface area contributed by atoms with Gasteiger partial charge in [0.05, 0.1) is 5.41 Å². The summed E-state index contributed by atoms with van der Waals surface area (Å²) >= 11 is 11.8. The van der Waals surface area contributed by atoms with Crippen molar-refractivity contribution in [2.75, 3.05) is 0 Å². The average molecular weight is 390 g/mol. The van der Waals surface area contributed by atoms with Crippen LogP contribution in [0, 0.1) is 10.6 Å². The van der Waals surface area contributed by atoms with Crippen LogP contribution in [0.3, 0.4) is 0 Å². The Labute approximate surface area is 162 Å². The Hall–Kier alpha value is -1.98. The molecule has 0 bridgehead atoms. The predicted molar refractivity (Wildman–Crippen MR) is 106 cm³/mol. The average Bonchev–Trinajstić information content (AvgIpc) is 3.00. The zero-order valence-corrected chi connectivity index (χ0v) is 16.6. The van der Waals surface area contributed by atoms with E-state index >= 15 is 0 Å². The first-order valence-corrected chi connectivity index (χ1v) is 9.36. The van der Waals surface area contributed by atoms with Crippen LogP contribution >= 0.6 is 23.8 Å². The van der Waals surface area contributed by atoms with Crippen LogP contribution in [0.2, 0.25) is 5.02 Å². The van der Waals surface area contributed by atoms with Gasteiger partial charge in [0.2, 0.25) is 0 Å². The second-order valence-corrected chi connectivity index (χ2v) is 7.64. The lowest BCUT2D eigenvalue weighted by molar-refractivity contribution is 0.573. The molecule has 136 valence electrons. The minimum absolute atomic E-state index is 0.286. The molecule has 0 aliphatic carbocycles. The van der Waals surface area contributed by atoms with E-state index in [-0.39, 0.29) is 5.82 Å². The summed E-state index contributed by atoms with van der Waals surface area (Å²) in [7, 11) is 0. The summed E-state index contributed by atoms with van der Waals surface area (Å²) in [4.78, 5) is 0. The van der Waals surface area contributed by atoms with Crippen LogP contribution in [0.4, 0.5) is 4.39 Å². The number of H-pyrrole nitrogens is 1. The van der Waals surface area contributed by atoms with Gasteiger partial charge in [-0.1, -0.05) is 37.1 Å². The van der Waals surface area contributed by atoms with Crippen LogP contribution in [0.1, 0.15) is 44.1 Å². The van der Waals surface area contributed by atoms with E-state index in [2.05, 4.69) is 37.0 Å². The molecule has 0 fully saturated rings. The van der Waals surface area contributed by atoms with Crippen LogP contribution in [0.5, 0.6) is 0 Å². The molecule has 3 aromatic rings. The molecule has 0 spiro atoms. The summed E-state index contributed by atoms with van der Waals surface area (Å²) < 4.78 is 15.6. The molecule has 26 heavy (non-hydrogen) atoms. The van der Waals surface area contributed by atoms with Gasteiger partial charge in [0.15, 0.2) is 4.77 Å². The molecule has 0 unspecified atom stereocenters. The zero-order valence-electron chi connectivity index (χ0n) is 15.0. The minimum atomic E-state index is -0.422. The summed E-state index contributed by atoms with van der Waals surface area (Å²) in [5, 5.41) is 8.13. The van der Waals surface area contributed by atoms with E-state index in [9.17, 15) is 4.39 Å². The Kier molecular flexibility index (Phi) is 5.30. The molecule has 0 saturated carbocycles. The van der Waals surface area contributed by atoms with Crippen molar-refractivity contribution in [1.29, 1.82) is 0 Å². The maximum Gasteiger partial charge on any atom is 0.199 e. The summed E-state index contributed by atoms with van der Waals surface area (Å²) in [6.07, 6.45) is 1.95. The molecule has 3 rings (SSSR count). The van der Waals surface area contributed by atoms with E-state index in [1.165, 1.54) is 12.1 Å². The lowest BCUT2D eigenvalue weighted by Gasteiger charge is -2.26. The standard InChI is InChI=1S/C20H21ClFN3S/c1-4-5-13-12-14(6-11-17(13)21)20(2,3)18-23-24-19(26)25(18)16-9-7-15(22)8-10-16/h6-12H,4-5H2,1-3H3,(H,24,26). The highest BCUT2D eigenvalue weighted by Gasteiger charge is 2.30. The van der Waals surface area contributed by atoms with E-state index in [4.69, 9.17) is 23.8 Å². The van der Waals surface area contributed by atoms with Crippen LogP contribution in [0.15, 0.2) is 42.5 Å². The highest BCUT2D eigenvalue weighted by molar-refractivity contribution is 7.71. The van der Waals surface area contributed by atoms with Crippen molar-refractivity contribution in [3.05, 3.63) is 75.0 Å². The van der Waals surface area contributed by atoms with Crippen molar-refractivity contribution in [1.82, 2.24) is 14.8 Å². The van der Waals surface area contributed by atoms with Crippen molar-refractivity contribution in [3.63, 3.8) is 0 Å². The molecule has 0 aliphatic heterocycles. The molecule has 0 radical (unpaired) electrons. The van der Waals surface area contributed by atoms with Gasteiger partial charge < -0.3 is 0 Å². The molecule has 0 amide bonds. The Morgan fingerprint density at radius 2 is 1.88 bits per heavy atom. The molecule has 0 atom stereocenters. The fourth-order valence-corrected chi connectivity index (χ4v) is 3.55. The Morgan fingerprint density at radius 1 is 1.19 bits per heavy atom. The highest BCUT2D eigenvalue weighted by Crippen LogP contribution is 2.34. The van der Waals surface area contributed by atoms with Gasteiger partial charge in [0.25, 0.3) is 0 Å². The van der Waals surface area contributed by atoms with E-state index in [1.54, 1.807) is 12.1 Å². The van der Waals surface area contributed by atoms with E-state index in [0.29, 0.717) is 4.77 Å². The summed E-state index contributed by atoms with van der Waals surface area (Å²) in [5.74, 6) is 0.477. The van der Waals surface area contributed by atoms with Crippen molar-refractivity contribution in [2.24, 2.45) is 0 Å². The largest absolute Gasteiger partial charge is 0.271 e. The highest BCUT2D eigenvalue weighted by atomic mass is 35.5. The molecule has 1 heterocycles.